The minimum absolute atomic E-state index is 0.0171. The smallest absolute Gasteiger partial charge is 0.413 e. The van der Waals surface area contributed by atoms with Crippen LogP contribution in [0.15, 0.2) is 36.0 Å². The molecule has 0 aliphatic heterocycles. The Bertz CT molecular complexity index is 723. The summed E-state index contributed by atoms with van der Waals surface area (Å²) in [5.41, 5.74) is 5.23. The van der Waals surface area contributed by atoms with E-state index >= 15 is 0 Å². The molecule has 9 nitrogen and oxygen atoms in total. The molecule has 4 N–H and O–H groups in total. The molecule has 0 fully saturated rings. The highest BCUT2D eigenvalue weighted by Crippen LogP contribution is 2.12. The predicted molar refractivity (Wildman–Crippen MR) is 88.5 cm³/mol. The largest absolute Gasteiger partial charge is 0.478 e. The van der Waals surface area contributed by atoms with Crippen LogP contribution in [0.2, 0.25) is 0 Å². The van der Waals surface area contributed by atoms with Gasteiger partial charge >= 0.3 is 12.1 Å². The van der Waals surface area contributed by atoms with E-state index in [-0.39, 0.29) is 36.5 Å². The minimum Gasteiger partial charge on any atom is -0.478 e. The van der Waals surface area contributed by atoms with Crippen LogP contribution in [0.4, 0.5) is 10.5 Å². The third-order valence-electron chi connectivity index (χ3n) is 2.89. The molecule has 0 saturated heterocycles. The fraction of sp³-hybridized carbons (Fsp3) is 0.250. The van der Waals surface area contributed by atoms with E-state index in [1.165, 1.54) is 24.3 Å². The van der Waals surface area contributed by atoms with Crippen molar-refractivity contribution in [1.29, 1.82) is 5.26 Å². The summed E-state index contributed by atoms with van der Waals surface area (Å²) in [6.45, 7) is 1.92. The van der Waals surface area contributed by atoms with Crippen LogP contribution in [-0.2, 0) is 9.53 Å². The number of hydrogen-bond acceptors (Lipinski definition) is 6. The van der Waals surface area contributed by atoms with Gasteiger partial charge in [0.05, 0.1) is 12.2 Å². The van der Waals surface area contributed by atoms with Gasteiger partial charge < -0.3 is 20.9 Å². The summed E-state index contributed by atoms with van der Waals surface area (Å²) in [7, 11) is 0. The molecule has 25 heavy (non-hydrogen) atoms. The molecule has 0 atom stereocenters. The highest BCUT2D eigenvalue weighted by atomic mass is 16.6. The van der Waals surface area contributed by atoms with Gasteiger partial charge in [0.25, 0.3) is 5.91 Å². The number of carboxylic acids is 1. The number of ether oxygens (including phenoxy) is 1. The summed E-state index contributed by atoms with van der Waals surface area (Å²) < 4.78 is 4.82. The zero-order valence-electron chi connectivity index (χ0n) is 13.6. The average molecular weight is 346 g/mol. The van der Waals surface area contributed by atoms with Crippen molar-refractivity contribution in [3.8, 4) is 6.07 Å². The van der Waals surface area contributed by atoms with E-state index in [4.69, 9.17) is 20.8 Å². The molecule has 0 radical (unpaired) electrons. The van der Waals surface area contributed by atoms with Crippen LogP contribution in [0.25, 0.3) is 0 Å². The summed E-state index contributed by atoms with van der Waals surface area (Å²) in [6, 6.07) is 7.23. The highest BCUT2D eigenvalue weighted by molar-refractivity contribution is 6.07. The third-order valence-corrected chi connectivity index (χ3v) is 2.89. The quantitative estimate of drug-likeness (QED) is 0.496. The molecule has 1 aromatic carbocycles. The molecule has 0 unspecified atom stereocenters. The van der Waals surface area contributed by atoms with Gasteiger partial charge in [-0.15, -0.1) is 0 Å². The first-order chi connectivity index (χ1) is 11.9. The fourth-order valence-corrected chi connectivity index (χ4v) is 1.78. The lowest BCUT2D eigenvalue weighted by Crippen LogP contribution is -2.32. The van der Waals surface area contributed by atoms with E-state index in [1.807, 2.05) is 0 Å². The Hall–Kier alpha value is -3.38. The summed E-state index contributed by atoms with van der Waals surface area (Å²) >= 11 is 0. The van der Waals surface area contributed by atoms with Crippen LogP contribution in [-0.4, -0.2) is 47.7 Å². The Labute approximate surface area is 144 Å². The molecule has 0 saturated carbocycles. The molecule has 0 aliphatic rings. The lowest BCUT2D eigenvalue weighted by Gasteiger charge is -2.17. The first kappa shape index (κ1) is 19.7. The number of amides is 2. The topological polar surface area (TPSA) is 146 Å². The molecule has 0 heterocycles. The Morgan fingerprint density at radius 3 is 2.72 bits per heavy atom. The number of nitrogens with two attached hydrogens (primary N) is 1. The first-order valence-corrected chi connectivity index (χ1v) is 7.33. The van der Waals surface area contributed by atoms with Gasteiger partial charge in [0, 0.05) is 25.0 Å². The normalized spacial score (nSPS) is 10.5. The van der Waals surface area contributed by atoms with Gasteiger partial charge in [-0.2, -0.15) is 5.26 Å². The second-order valence-corrected chi connectivity index (χ2v) is 4.68. The van der Waals surface area contributed by atoms with Gasteiger partial charge in [-0.1, -0.05) is 6.07 Å². The third kappa shape index (κ3) is 5.96. The second kappa shape index (κ2) is 9.69. The number of anilines is 1. The van der Waals surface area contributed by atoms with Crippen molar-refractivity contribution in [3.63, 3.8) is 0 Å². The van der Waals surface area contributed by atoms with Gasteiger partial charge in [0.15, 0.2) is 0 Å². The number of hydrogen-bond donors (Lipinski definition) is 3. The standard InChI is InChI=1S/C16H18N4O5/c1-2-25-16(24)20(7-6-17)10-12(9-18)14(21)19-13-5-3-4-11(8-13)15(22)23/h3-5,8,10H,2,6-7,17H2,1H3,(H,19,21)(H,22,23)/b12-10-. The van der Waals surface area contributed by atoms with Crippen LogP contribution in [0.3, 0.4) is 0 Å². The molecule has 2 amide bonds. The predicted octanol–water partition coefficient (Wildman–Crippen LogP) is 1.15. The van der Waals surface area contributed by atoms with Crippen molar-refractivity contribution in [1.82, 2.24) is 4.90 Å². The second-order valence-electron chi connectivity index (χ2n) is 4.68. The molecule has 9 heteroatoms. The van der Waals surface area contributed by atoms with Gasteiger partial charge in [0.2, 0.25) is 0 Å². The number of nitriles is 1. The molecule has 1 aromatic rings. The lowest BCUT2D eigenvalue weighted by atomic mass is 10.2. The summed E-state index contributed by atoms with van der Waals surface area (Å²) in [5.74, 6) is -1.94. The van der Waals surface area contributed by atoms with Crippen LogP contribution < -0.4 is 11.1 Å². The monoisotopic (exact) mass is 346 g/mol. The van der Waals surface area contributed by atoms with Crippen molar-refractivity contribution >= 4 is 23.7 Å². The van der Waals surface area contributed by atoms with Gasteiger partial charge in [-0.3, -0.25) is 9.69 Å². The Morgan fingerprint density at radius 1 is 1.44 bits per heavy atom. The zero-order chi connectivity index (χ0) is 18.8. The van der Waals surface area contributed by atoms with Crippen molar-refractivity contribution in [3.05, 3.63) is 41.6 Å². The maximum atomic E-state index is 12.2. The number of benzene rings is 1. The van der Waals surface area contributed by atoms with Crippen molar-refractivity contribution < 1.29 is 24.2 Å². The Kier molecular flexibility index (Phi) is 7.62. The van der Waals surface area contributed by atoms with Gasteiger partial charge in [-0.05, 0) is 25.1 Å². The van der Waals surface area contributed by atoms with Crippen LogP contribution in [0, 0.1) is 11.3 Å². The van der Waals surface area contributed by atoms with Crippen LogP contribution in [0.1, 0.15) is 17.3 Å². The molecular weight excluding hydrogens is 328 g/mol. The van der Waals surface area contributed by atoms with E-state index in [0.29, 0.717) is 0 Å². The Balaban J connectivity index is 2.99. The van der Waals surface area contributed by atoms with Crippen molar-refractivity contribution in [2.24, 2.45) is 5.73 Å². The van der Waals surface area contributed by atoms with E-state index in [9.17, 15) is 14.4 Å². The van der Waals surface area contributed by atoms with Crippen molar-refractivity contribution in [2.45, 2.75) is 6.92 Å². The van der Waals surface area contributed by atoms with Gasteiger partial charge in [0.1, 0.15) is 11.6 Å². The SMILES string of the molecule is CCOC(=O)N(/C=C(/C#N)C(=O)Nc1cccc(C(=O)O)c1)CCN. The lowest BCUT2D eigenvalue weighted by molar-refractivity contribution is -0.112. The number of nitrogens with one attached hydrogen (secondary N) is 1. The summed E-state index contributed by atoms with van der Waals surface area (Å²) in [4.78, 5) is 35.9. The molecule has 0 spiro atoms. The minimum atomic E-state index is -1.15. The molecule has 132 valence electrons. The van der Waals surface area contributed by atoms with E-state index in [1.54, 1.807) is 13.0 Å². The van der Waals surface area contributed by atoms with Crippen molar-refractivity contribution in [2.75, 3.05) is 25.0 Å². The highest BCUT2D eigenvalue weighted by Gasteiger charge is 2.17. The zero-order valence-corrected chi connectivity index (χ0v) is 13.6. The molecule has 0 aromatic heterocycles. The number of nitrogens with zero attached hydrogens (tertiary/aromatic N) is 2. The first-order valence-electron chi connectivity index (χ1n) is 7.33. The average Bonchev–Trinajstić information content (AvgIpc) is 2.58. The molecule has 0 aliphatic carbocycles. The van der Waals surface area contributed by atoms with Crippen LogP contribution in [0.5, 0.6) is 0 Å². The van der Waals surface area contributed by atoms with E-state index < -0.39 is 18.0 Å². The number of carbonyl (C=O) groups is 3. The number of carbonyl (C=O) groups excluding carboxylic acids is 2. The van der Waals surface area contributed by atoms with Gasteiger partial charge in [-0.25, -0.2) is 9.59 Å². The number of carboxylic acid groups (broad SMARTS) is 1. The molecule has 1 rings (SSSR count). The summed E-state index contributed by atoms with van der Waals surface area (Å²) in [6.07, 6.45) is 0.308. The maximum absolute atomic E-state index is 12.2. The molecular formula is C16H18N4O5. The van der Waals surface area contributed by atoms with E-state index in [0.717, 1.165) is 11.1 Å². The number of rotatable bonds is 7. The fourth-order valence-electron chi connectivity index (χ4n) is 1.78. The Morgan fingerprint density at radius 2 is 2.16 bits per heavy atom. The van der Waals surface area contributed by atoms with Crippen LogP contribution >= 0.6 is 0 Å². The maximum Gasteiger partial charge on any atom is 0.413 e. The summed E-state index contributed by atoms with van der Waals surface area (Å²) in [5, 5.41) is 20.5. The van der Waals surface area contributed by atoms with E-state index in [2.05, 4.69) is 5.32 Å². The molecule has 0 bridgehead atoms. The number of aromatic carboxylic acids is 1.